The normalized spacial score (nSPS) is 14.4. The fourth-order valence-electron chi connectivity index (χ4n) is 3.79. The minimum atomic E-state index is -0.720. The Balaban J connectivity index is 1.72. The summed E-state index contributed by atoms with van der Waals surface area (Å²) < 4.78 is 16.3. The number of aromatic nitrogens is 2. The molecule has 2 aromatic heterocycles. The van der Waals surface area contributed by atoms with Crippen molar-refractivity contribution in [3.05, 3.63) is 64.0 Å². The number of carbonyl (C=O) groups excluding carboxylic acids is 1. The van der Waals surface area contributed by atoms with E-state index in [1.807, 2.05) is 23.7 Å². The van der Waals surface area contributed by atoms with Crippen molar-refractivity contribution in [2.24, 2.45) is 0 Å². The quantitative estimate of drug-likeness (QED) is 0.511. The number of piperazine rings is 1. The summed E-state index contributed by atoms with van der Waals surface area (Å²) in [5.41, 5.74) is 1.36. The Bertz CT molecular complexity index is 1260. The molecule has 0 aliphatic carbocycles. The summed E-state index contributed by atoms with van der Waals surface area (Å²) >= 11 is 1.44. The lowest BCUT2D eigenvalue weighted by Crippen LogP contribution is -2.44. The predicted molar refractivity (Wildman–Crippen MR) is 132 cm³/mol. The highest BCUT2D eigenvalue weighted by molar-refractivity contribution is 7.99. The standard InChI is InChI=1S/C23H27FN6O3S/c1-27-8-10-29(11-9-27)17-12-18(28(2)34-3)21-26-19(20(31)23(33)30(21)14-17)22(32)25-13-15-4-6-16(24)7-5-15/h4-7,12,14,31H,8-11,13H2,1-3H3,(H,25,32). The second kappa shape index (κ2) is 9.90. The molecular weight excluding hydrogens is 459 g/mol. The number of likely N-dealkylation sites (N-methyl/N-ethyl adjacent to an activating group) is 1. The molecule has 1 saturated heterocycles. The van der Waals surface area contributed by atoms with Gasteiger partial charge in [0, 0.05) is 52.2 Å². The molecule has 34 heavy (non-hydrogen) atoms. The number of carbonyl (C=O) groups is 1. The molecular formula is C23H27FN6O3S. The molecule has 1 aliphatic rings. The van der Waals surface area contributed by atoms with Gasteiger partial charge in [0.05, 0.1) is 11.4 Å². The molecule has 9 nitrogen and oxygen atoms in total. The van der Waals surface area contributed by atoms with Crippen molar-refractivity contribution in [3.8, 4) is 5.75 Å². The van der Waals surface area contributed by atoms with E-state index in [0.717, 1.165) is 31.9 Å². The zero-order chi connectivity index (χ0) is 24.4. The molecule has 0 saturated carbocycles. The van der Waals surface area contributed by atoms with E-state index in [1.165, 1.54) is 28.5 Å². The summed E-state index contributed by atoms with van der Waals surface area (Å²) in [5.74, 6) is -1.79. The number of nitrogens with one attached hydrogen (secondary N) is 1. The minimum absolute atomic E-state index is 0.0967. The molecule has 3 heterocycles. The molecule has 180 valence electrons. The van der Waals surface area contributed by atoms with E-state index >= 15 is 0 Å². The SMILES string of the molecule is CSN(C)c1cc(N2CCN(C)CC2)cn2c(=O)c(O)c(C(=O)NCc3ccc(F)cc3)nc12. The zero-order valence-electron chi connectivity index (χ0n) is 19.3. The summed E-state index contributed by atoms with van der Waals surface area (Å²) in [7, 11) is 3.92. The number of amides is 1. The van der Waals surface area contributed by atoms with Crippen LogP contribution in [0.4, 0.5) is 15.8 Å². The number of hydrogen-bond donors (Lipinski definition) is 2. The van der Waals surface area contributed by atoms with Gasteiger partial charge in [-0.1, -0.05) is 24.1 Å². The predicted octanol–water partition coefficient (Wildman–Crippen LogP) is 1.94. The monoisotopic (exact) mass is 486 g/mol. The van der Waals surface area contributed by atoms with Gasteiger partial charge in [0.1, 0.15) is 5.82 Å². The van der Waals surface area contributed by atoms with Crippen molar-refractivity contribution in [1.29, 1.82) is 0 Å². The van der Waals surface area contributed by atoms with Crippen LogP contribution in [-0.4, -0.2) is 71.8 Å². The van der Waals surface area contributed by atoms with Gasteiger partial charge in [-0.15, -0.1) is 0 Å². The van der Waals surface area contributed by atoms with Gasteiger partial charge in [0.2, 0.25) is 5.75 Å². The number of aromatic hydroxyl groups is 1. The van der Waals surface area contributed by atoms with Gasteiger partial charge in [-0.3, -0.25) is 14.0 Å². The fraction of sp³-hybridized carbons (Fsp3) is 0.348. The van der Waals surface area contributed by atoms with Crippen molar-refractivity contribution in [1.82, 2.24) is 19.6 Å². The minimum Gasteiger partial charge on any atom is -0.501 e. The number of rotatable bonds is 6. The van der Waals surface area contributed by atoms with Crippen LogP contribution in [0.2, 0.25) is 0 Å². The number of benzene rings is 1. The largest absolute Gasteiger partial charge is 0.501 e. The molecule has 3 aromatic rings. The van der Waals surface area contributed by atoms with E-state index in [9.17, 15) is 19.1 Å². The molecule has 0 radical (unpaired) electrons. The maximum absolute atomic E-state index is 13.1. The van der Waals surface area contributed by atoms with Crippen LogP contribution < -0.4 is 20.1 Å². The van der Waals surface area contributed by atoms with E-state index in [1.54, 1.807) is 18.3 Å². The van der Waals surface area contributed by atoms with Gasteiger partial charge in [0.15, 0.2) is 11.3 Å². The summed E-state index contributed by atoms with van der Waals surface area (Å²) in [6.07, 6.45) is 3.56. The Hall–Kier alpha value is -3.31. The maximum Gasteiger partial charge on any atom is 0.301 e. The van der Waals surface area contributed by atoms with Crippen molar-refractivity contribution >= 4 is 34.9 Å². The topological polar surface area (TPSA) is 93.4 Å². The molecule has 1 aliphatic heterocycles. The smallest absolute Gasteiger partial charge is 0.301 e. The maximum atomic E-state index is 13.1. The van der Waals surface area contributed by atoms with Crippen LogP contribution in [0.15, 0.2) is 41.3 Å². The van der Waals surface area contributed by atoms with Gasteiger partial charge < -0.3 is 24.5 Å². The van der Waals surface area contributed by atoms with E-state index in [-0.39, 0.29) is 23.7 Å². The Kier molecular flexibility index (Phi) is 6.94. The first kappa shape index (κ1) is 23.8. The Morgan fingerprint density at radius 1 is 1.24 bits per heavy atom. The van der Waals surface area contributed by atoms with Crippen LogP contribution in [0, 0.1) is 5.82 Å². The summed E-state index contributed by atoms with van der Waals surface area (Å²) in [4.78, 5) is 34.7. The van der Waals surface area contributed by atoms with E-state index < -0.39 is 17.2 Å². The first-order valence-electron chi connectivity index (χ1n) is 10.8. The van der Waals surface area contributed by atoms with Crippen molar-refractivity contribution in [2.45, 2.75) is 6.54 Å². The average molecular weight is 487 g/mol. The number of hydrogen-bond acceptors (Lipinski definition) is 8. The fourth-order valence-corrected chi connectivity index (χ4v) is 4.12. The molecule has 1 amide bonds. The molecule has 0 spiro atoms. The molecule has 1 fully saturated rings. The second-order valence-corrected chi connectivity index (χ2v) is 9.08. The van der Waals surface area contributed by atoms with Crippen LogP contribution in [0.3, 0.4) is 0 Å². The van der Waals surface area contributed by atoms with Crippen molar-refractivity contribution in [3.63, 3.8) is 0 Å². The summed E-state index contributed by atoms with van der Waals surface area (Å²) in [6, 6.07) is 7.62. The van der Waals surface area contributed by atoms with Gasteiger partial charge in [-0.2, -0.15) is 0 Å². The molecule has 4 rings (SSSR count). The van der Waals surface area contributed by atoms with Crippen molar-refractivity contribution in [2.75, 3.05) is 55.7 Å². The molecule has 11 heteroatoms. The lowest BCUT2D eigenvalue weighted by Gasteiger charge is -2.34. The van der Waals surface area contributed by atoms with Gasteiger partial charge in [-0.25, -0.2) is 9.37 Å². The zero-order valence-corrected chi connectivity index (χ0v) is 20.1. The number of halogens is 1. The van der Waals surface area contributed by atoms with E-state index in [0.29, 0.717) is 11.3 Å². The van der Waals surface area contributed by atoms with Crippen LogP contribution in [0.25, 0.3) is 5.65 Å². The first-order valence-corrected chi connectivity index (χ1v) is 12.0. The lowest BCUT2D eigenvalue weighted by atomic mass is 10.2. The molecule has 1 aromatic carbocycles. The van der Waals surface area contributed by atoms with Gasteiger partial charge in [0.25, 0.3) is 5.91 Å². The molecule has 0 bridgehead atoms. The Morgan fingerprint density at radius 3 is 2.56 bits per heavy atom. The Labute approximate surface area is 200 Å². The highest BCUT2D eigenvalue weighted by Gasteiger charge is 2.23. The number of fused-ring (bicyclic) bond motifs is 1. The first-order chi connectivity index (χ1) is 16.3. The third-order valence-electron chi connectivity index (χ3n) is 5.93. The summed E-state index contributed by atoms with van der Waals surface area (Å²) in [5, 5.41) is 13.2. The van der Waals surface area contributed by atoms with Crippen LogP contribution in [-0.2, 0) is 6.54 Å². The highest BCUT2D eigenvalue weighted by atomic mass is 32.2. The lowest BCUT2D eigenvalue weighted by molar-refractivity contribution is 0.0942. The van der Waals surface area contributed by atoms with Gasteiger partial charge in [-0.05, 0) is 30.8 Å². The molecule has 2 N–H and O–H groups in total. The van der Waals surface area contributed by atoms with Crippen molar-refractivity contribution < 1.29 is 14.3 Å². The van der Waals surface area contributed by atoms with Gasteiger partial charge >= 0.3 is 5.56 Å². The molecule has 0 atom stereocenters. The third kappa shape index (κ3) is 4.80. The Morgan fingerprint density at radius 2 is 1.91 bits per heavy atom. The number of pyridine rings is 1. The summed E-state index contributed by atoms with van der Waals surface area (Å²) in [6.45, 7) is 3.51. The van der Waals surface area contributed by atoms with E-state index in [4.69, 9.17) is 0 Å². The van der Waals surface area contributed by atoms with E-state index in [2.05, 4.69) is 27.1 Å². The van der Waals surface area contributed by atoms with Crippen LogP contribution >= 0.6 is 11.9 Å². The van der Waals surface area contributed by atoms with Crippen LogP contribution in [0.5, 0.6) is 5.75 Å². The number of nitrogens with zero attached hydrogens (tertiary/aromatic N) is 5. The van der Waals surface area contributed by atoms with Crippen LogP contribution in [0.1, 0.15) is 16.1 Å². The third-order valence-corrected chi connectivity index (χ3v) is 6.67. The highest BCUT2D eigenvalue weighted by Crippen LogP contribution is 2.30. The molecule has 0 unspecified atom stereocenters. The average Bonchev–Trinajstić information content (AvgIpc) is 2.85. The second-order valence-electron chi connectivity index (χ2n) is 8.17. The number of anilines is 2.